The minimum absolute atomic E-state index is 0.123. The van der Waals surface area contributed by atoms with Crippen molar-refractivity contribution in [2.75, 3.05) is 13.7 Å². The van der Waals surface area contributed by atoms with Gasteiger partial charge in [0.2, 0.25) is 5.91 Å². The normalized spacial score (nSPS) is 16.5. The van der Waals surface area contributed by atoms with E-state index < -0.39 is 35.8 Å². The van der Waals surface area contributed by atoms with Gasteiger partial charge in [-0.3, -0.25) is 14.4 Å². The van der Waals surface area contributed by atoms with Gasteiger partial charge in [-0.05, 0) is 32.1 Å². The molecule has 0 radical (unpaired) electrons. The molecule has 2 aromatic rings. The van der Waals surface area contributed by atoms with Gasteiger partial charge >= 0.3 is 11.9 Å². The fourth-order valence-corrected chi connectivity index (χ4v) is 4.68. The second kappa shape index (κ2) is 12.5. The van der Waals surface area contributed by atoms with Crippen LogP contribution in [0.5, 0.6) is 0 Å². The predicted octanol–water partition coefficient (Wildman–Crippen LogP) is 3.24. The average Bonchev–Trinajstić information content (AvgIpc) is 3.49. The molecular formula is C25H32N2O8. The highest BCUT2D eigenvalue weighted by atomic mass is 16.7. The molecule has 3 rings (SSSR count). The van der Waals surface area contributed by atoms with Crippen molar-refractivity contribution in [3.05, 3.63) is 41.9 Å². The van der Waals surface area contributed by atoms with Crippen LogP contribution in [-0.2, 0) is 30.4 Å². The Labute approximate surface area is 203 Å². The van der Waals surface area contributed by atoms with Crippen molar-refractivity contribution in [1.82, 2.24) is 10.5 Å². The van der Waals surface area contributed by atoms with Gasteiger partial charge in [-0.2, -0.15) is 0 Å². The standard InChI is InChI=1S/C25H32N2O8/c1-15-22(17-10-4-3-5-11-17)34-20(26-15)14-19(25(31)32)35-27-23(28)21(16-8-6-7-9-16)18(24(29)30)12-13-33-2/h3-5,10-11,16,18-19,21H,6-9,12-14H2,1-2H3,(H,27,28)(H,29,30)(H,31,32)/t18-,19-,21?/m0/s1. The molecule has 35 heavy (non-hydrogen) atoms. The number of nitrogens with zero attached hydrogens (tertiary/aromatic N) is 1. The van der Waals surface area contributed by atoms with Gasteiger partial charge in [0, 0.05) is 19.3 Å². The largest absolute Gasteiger partial charge is 0.481 e. The van der Waals surface area contributed by atoms with E-state index in [1.54, 1.807) is 6.92 Å². The van der Waals surface area contributed by atoms with Crippen molar-refractivity contribution in [2.45, 2.75) is 51.6 Å². The number of carbonyl (C=O) groups is 3. The molecule has 1 aliphatic rings. The van der Waals surface area contributed by atoms with Crippen molar-refractivity contribution in [3.8, 4) is 11.3 Å². The number of carboxylic acid groups (broad SMARTS) is 2. The minimum atomic E-state index is -1.47. The zero-order chi connectivity index (χ0) is 25.4. The van der Waals surface area contributed by atoms with Gasteiger partial charge < -0.3 is 19.4 Å². The summed E-state index contributed by atoms with van der Waals surface area (Å²) in [6.07, 6.45) is 1.77. The highest BCUT2D eigenvalue weighted by molar-refractivity contribution is 5.84. The predicted molar refractivity (Wildman–Crippen MR) is 124 cm³/mol. The molecule has 1 aromatic heterocycles. The lowest BCUT2D eigenvalue weighted by Crippen LogP contribution is -2.44. The van der Waals surface area contributed by atoms with Crippen LogP contribution >= 0.6 is 0 Å². The first-order valence-corrected chi connectivity index (χ1v) is 11.7. The number of amides is 1. The number of methoxy groups -OCH3 is 1. The Morgan fingerprint density at radius 2 is 1.83 bits per heavy atom. The van der Waals surface area contributed by atoms with Gasteiger partial charge in [0.25, 0.3) is 0 Å². The fourth-order valence-electron chi connectivity index (χ4n) is 4.68. The molecule has 3 N–H and O–H groups in total. The topological polar surface area (TPSA) is 148 Å². The SMILES string of the molecule is COCC[C@H](C(=O)O)C(C(=O)NO[C@@H](Cc1nc(C)c(-c2ccccc2)o1)C(=O)O)C1CCCC1. The van der Waals surface area contributed by atoms with E-state index in [0.29, 0.717) is 11.5 Å². The van der Waals surface area contributed by atoms with Crippen LogP contribution in [0.1, 0.15) is 43.7 Å². The second-order valence-corrected chi connectivity index (χ2v) is 8.80. The van der Waals surface area contributed by atoms with Gasteiger partial charge in [-0.1, -0.05) is 43.2 Å². The number of carboxylic acids is 2. The zero-order valence-corrected chi connectivity index (χ0v) is 19.9. The summed E-state index contributed by atoms with van der Waals surface area (Å²) in [6.45, 7) is 1.95. The van der Waals surface area contributed by atoms with Crippen molar-refractivity contribution in [3.63, 3.8) is 0 Å². The van der Waals surface area contributed by atoms with Crippen LogP contribution in [0.15, 0.2) is 34.7 Å². The number of benzene rings is 1. The lowest BCUT2D eigenvalue weighted by atomic mass is 9.78. The van der Waals surface area contributed by atoms with Crippen LogP contribution in [0.3, 0.4) is 0 Å². The molecule has 1 heterocycles. The Bertz CT molecular complexity index is 1000. The molecule has 0 saturated heterocycles. The van der Waals surface area contributed by atoms with Crippen LogP contribution < -0.4 is 5.48 Å². The van der Waals surface area contributed by atoms with E-state index in [9.17, 15) is 24.6 Å². The summed E-state index contributed by atoms with van der Waals surface area (Å²) in [6, 6.07) is 9.29. The summed E-state index contributed by atoms with van der Waals surface area (Å²) in [5.41, 5.74) is 3.64. The summed E-state index contributed by atoms with van der Waals surface area (Å²) >= 11 is 0. The molecule has 10 heteroatoms. The Morgan fingerprint density at radius 1 is 1.14 bits per heavy atom. The second-order valence-electron chi connectivity index (χ2n) is 8.80. The number of aryl methyl sites for hydroxylation is 1. The Balaban J connectivity index is 1.71. The number of ether oxygens (including phenoxy) is 1. The number of nitrogens with one attached hydrogen (secondary N) is 1. The molecule has 190 valence electrons. The molecule has 1 saturated carbocycles. The summed E-state index contributed by atoms with van der Waals surface area (Å²) in [4.78, 5) is 46.5. The van der Waals surface area contributed by atoms with Crippen LogP contribution in [-0.4, -0.2) is 52.9 Å². The molecule has 1 aliphatic carbocycles. The van der Waals surface area contributed by atoms with Crippen molar-refractivity contribution >= 4 is 17.8 Å². The molecule has 0 bridgehead atoms. The molecular weight excluding hydrogens is 456 g/mol. The molecule has 1 unspecified atom stereocenters. The maximum Gasteiger partial charge on any atom is 0.336 e. The number of rotatable bonds is 13. The zero-order valence-electron chi connectivity index (χ0n) is 19.9. The van der Waals surface area contributed by atoms with Crippen LogP contribution in [0.2, 0.25) is 0 Å². The van der Waals surface area contributed by atoms with Crippen molar-refractivity contribution in [2.24, 2.45) is 17.8 Å². The number of hydroxylamine groups is 1. The fraction of sp³-hybridized carbons (Fsp3) is 0.520. The number of aliphatic carboxylic acids is 2. The third-order valence-electron chi connectivity index (χ3n) is 6.41. The number of oxazole rings is 1. The first kappa shape index (κ1) is 26.4. The van der Waals surface area contributed by atoms with E-state index in [2.05, 4.69) is 10.5 Å². The number of carbonyl (C=O) groups excluding carboxylic acids is 1. The molecule has 1 aromatic carbocycles. The molecule has 10 nitrogen and oxygen atoms in total. The van der Waals surface area contributed by atoms with Gasteiger partial charge in [0.1, 0.15) is 0 Å². The Hall–Kier alpha value is -3.24. The lowest BCUT2D eigenvalue weighted by Gasteiger charge is -2.28. The molecule has 0 spiro atoms. The van der Waals surface area contributed by atoms with E-state index >= 15 is 0 Å². The van der Waals surface area contributed by atoms with Crippen LogP contribution in [0.4, 0.5) is 0 Å². The number of aromatic nitrogens is 1. The highest BCUT2D eigenvalue weighted by Crippen LogP contribution is 2.37. The van der Waals surface area contributed by atoms with E-state index in [-0.39, 0.29) is 31.3 Å². The Kier molecular flexibility index (Phi) is 9.39. The smallest absolute Gasteiger partial charge is 0.336 e. The summed E-state index contributed by atoms with van der Waals surface area (Å²) in [5.74, 6) is -4.30. The highest BCUT2D eigenvalue weighted by Gasteiger charge is 2.41. The van der Waals surface area contributed by atoms with Gasteiger partial charge in [-0.15, -0.1) is 0 Å². The van der Waals surface area contributed by atoms with E-state index in [4.69, 9.17) is 14.0 Å². The first-order chi connectivity index (χ1) is 16.8. The van der Waals surface area contributed by atoms with E-state index in [0.717, 1.165) is 31.2 Å². The maximum absolute atomic E-state index is 13.1. The monoisotopic (exact) mass is 488 g/mol. The van der Waals surface area contributed by atoms with E-state index in [1.165, 1.54) is 7.11 Å². The van der Waals surface area contributed by atoms with Gasteiger partial charge in [0.05, 0.1) is 24.0 Å². The Morgan fingerprint density at radius 3 is 2.43 bits per heavy atom. The molecule has 3 atom stereocenters. The summed E-state index contributed by atoms with van der Waals surface area (Å²) in [7, 11) is 1.47. The third-order valence-corrected chi connectivity index (χ3v) is 6.41. The average molecular weight is 489 g/mol. The van der Waals surface area contributed by atoms with E-state index in [1.807, 2.05) is 30.3 Å². The van der Waals surface area contributed by atoms with Crippen molar-refractivity contribution in [1.29, 1.82) is 0 Å². The van der Waals surface area contributed by atoms with Gasteiger partial charge in [-0.25, -0.2) is 15.3 Å². The summed E-state index contributed by atoms with van der Waals surface area (Å²) < 4.78 is 10.8. The minimum Gasteiger partial charge on any atom is -0.481 e. The van der Waals surface area contributed by atoms with Crippen molar-refractivity contribution < 1.29 is 38.6 Å². The van der Waals surface area contributed by atoms with Crippen LogP contribution in [0, 0.1) is 24.7 Å². The third kappa shape index (κ3) is 6.89. The number of hydrogen-bond acceptors (Lipinski definition) is 7. The first-order valence-electron chi connectivity index (χ1n) is 11.7. The maximum atomic E-state index is 13.1. The molecule has 1 fully saturated rings. The summed E-state index contributed by atoms with van der Waals surface area (Å²) in [5, 5.41) is 19.4. The van der Waals surface area contributed by atoms with Gasteiger partial charge in [0.15, 0.2) is 17.8 Å². The molecule has 0 aliphatic heterocycles. The number of hydrogen-bond donors (Lipinski definition) is 3. The quantitative estimate of drug-likeness (QED) is 0.361. The lowest BCUT2D eigenvalue weighted by molar-refractivity contribution is -0.166. The molecule has 1 amide bonds. The van der Waals surface area contributed by atoms with Crippen LogP contribution in [0.25, 0.3) is 11.3 Å².